The summed E-state index contributed by atoms with van der Waals surface area (Å²) in [6, 6.07) is 9.14. The van der Waals surface area contributed by atoms with Crippen LogP contribution in [0.15, 0.2) is 42.5 Å². The zero-order valence-corrected chi connectivity index (χ0v) is 10.6. The summed E-state index contributed by atoms with van der Waals surface area (Å²) in [6.07, 6.45) is 5.05. The second kappa shape index (κ2) is 5.02. The van der Waals surface area contributed by atoms with E-state index in [4.69, 9.17) is 4.18 Å². The van der Waals surface area contributed by atoms with Crippen LogP contribution in [0.25, 0.3) is 0 Å². The molecule has 0 spiro atoms. The third kappa shape index (κ3) is 2.96. The minimum absolute atomic E-state index is 0.217. The zero-order valence-electron chi connectivity index (χ0n) is 9.74. The van der Waals surface area contributed by atoms with Gasteiger partial charge in [0.2, 0.25) is 0 Å². The molecular formula is C13H16O3S. The Bertz CT molecular complexity index is 483. The molecule has 0 saturated heterocycles. The fraction of sp³-hybridized carbons (Fsp3) is 0.385. The Labute approximate surface area is 102 Å². The molecule has 2 rings (SSSR count). The molecule has 1 aromatic rings. The van der Waals surface area contributed by atoms with Crippen molar-refractivity contribution in [2.45, 2.75) is 31.1 Å². The molecule has 4 heteroatoms. The quantitative estimate of drug-likeness (QED) is 0.611. The van der Waals surface area contributed by atoms with E-state index in [9.17, 15) is 8.42 Å². The normalized spacial score (nSPS) is 18.4. The molecule has 17 heavy (non-hydrogen) atoms. The maximum atomic E-state index is 12.0. The van der Waals surface area contributed by atoms with Crippen molar-refractivity contribution < 1.29 is 12.6 Å². The molecule has 0 aliphatic heterocycles. The predicted molar refractivity (Wildman–Crippen MR) is 67.0 cm³/mol. The number of hydrogen-bond donors (Lipinski definition) is 0. The average molecular weight is 252 g/mol. The van der Waals surface area contributed by atoms with Gasteiger partial charge in [0, 0.05) is 0 Å². The summed E-state index contributed by atoms with van der Waals surface area (Å²) in [6.45, 7) is 1.66. The van der Waals surface area contributed by atoms with Gasteiger partial charge in [-0.25, -0.2) is 0 Å². The minimum atomic E-state index is -3.54. The van der Waals surface area contributed by atoms with Gasteiger partial charge in [0.05, 0.1) is 6.10 Å². The molecular weight excluding hydrogens is 236 g/mol. The highest BCUT2D eigenvalue weighted by molar-refractivity contribution is 7.87. The SMILES string of the molecule is CC(c1ccccc1)S(=O)(=O)OC1CC=CC1. The van der Waals surface area contributed by atoms with Crippen molar-refractivity contribution in [3.63, 3.8) is 0 Å². The lowest BCUT2D eigenvalue weighted by Gasteiger charge is -2.16. The second-order valence-corrected chi connectivity index (χ2v) is 6.09. The standard InChI is InChI=1S/C13H16O3S/c1-11(12-7-3-2-4-8-12)17(14,15)16-13-9-5-6-10-13/h2-8,11,13H,9-10H2,1H3. The van der Waals surface area contributed by atoms with Gasteiger partial charge < -0.3 is 0 Å². The van der Waals surface area contributed by atoms with E-state index in [2.05, 4.69) is 0 Å². The summed E-state index contributed by atoms with van der Waals surface area (Å²) >= 11 is 0. The van der Waals surface area contributed by atoms with E-state index in [1.54, 1.807) is 19.1 Å². The van der Waals surface area contributed by atoms with Gasteiger partial charge in [0.15, 0.2) is 0 Å². The fourth-order valence-electron chi connectivity index (χ4n) is 1.83. The molecule has 0 fully saturated rings. The molecule has 1 aromatic carbocycles. The van der Waals surface area contributed by atoms with E-state index in [1.807, 2.05) is 30.4 Å². The highest BCUT2D eigenvalue weighted by Crippen LogP contribution is 2.26. The highest BCUT2D eigenvalue weighted by Gasteiger charge is 2.27. The molecule has 92 valence electrons. The van der Waals surface area contributed by atoms with Gasteiger partial charge in [0.25, 0.3) is 10.1 Å². The number of rotatable bonds is 4. The van der Waals surface area contributed by atoms with Crippen LogP contribution in [0.1, 0.15) is 30.6 Å². The van der Waals surface area contributed by atoms with Gasteiger partial charge in [0.1, 0.15) is 5.25 Å². The molecule has 1 unspecified atom stereocenters. The van der Waals surface area contributed by atoms with Crippen LogP contribution in [0, 0.1) is 0 Å². The van der Waals surface area contributed by atoms with Crippen LogP contribution in [-0.4, -0.2) is 14.5 Å². The first-order valence-corrected chi connectivity index (χ1v) is 7.19. The van der Waals surface area contributed by atoms with Gasteiger partial charge >= 0.3 is 0 Å². The molecule has 0 bridgehead atoms. The predicted octanol–water partition coefficient (Wildman–Crippen LogP) is 2.81. The van der Waals surface area contributed by atoms with Crippen molar-refractivity contribution in [2.75, 3.05) is 0 Å². The van der Waals surface area contributed by atoms with Crippen LogP contribution in [0.2, 0.25) is 0 Å². The monoisotopic (exact) mass is 252 g/mol. The molecule has 0 saturated carbocycles. The molecule has 0 heterocycles. The second-order valence-electron chi connectivity index (χ2n) is 4.21. The summed E-state index contributed by atoms with van der Waals surface area (Å²) in [5.74, 6) is 0. The Hall–Kier alpha value is -1.13. The van der Waals surface area contributed by atoms with E-state index >= 15 is 0 Å². The van der Waals surface area contributed by atoms with E-state index in [0.717, 1.165) is 5.56 Å². The van der Waals surface area contributed by atoms with Gasteiger partial charge in [-0.15, -0.1) is 0 Å². The number of benzene rings is 1. The third-order valence-electron chi connectivity index (χ3n) is 2.94. The molecule has 0 radical (unpaired) electrons. The largest absolute Gasteiger partial charge is 0.274 e. The Morgan fingerprint density at radius 3 is 2.35 bits per heavy atom. The Morgan fingerprint density at radius 1 is 1.18 bits per heavy atom. The summed E-state index contributed by atoms with van der Waals surface area (Å²) in [5, 5.41) is -0.621. The zero-order chi connectivity index (χ0) is 12.3. The van der Waals surface area contributed by atoms with Crippen molar-refractivity contribution in [3.8, 4) is 0 Å². The first-order chi connectivity index (χ1) is 8.09. The summed E-state index contributed by atoms with van der Waals surface area (Å²) in [7, 11) is -3.54. The lowest BCUT2D eigenvalue weighted by atomic mass is 10.2. The van der Waals surface area contributed by atoms with Crippen LogP contribution in [0.3, 0.4) is 0 Å². The summed E-state index contributed by atoms with van der Waals surface area (Å²) < 4.78 is 29.3. The molecule has 0 N–H and O–H groups in total. The molecule has 0 amide bonds. The molecule has 1 atom stereocenters. The molecule has 3 nitrogen and oxygen atoms in total. The Balaban J connectivity index is 2.10. The molecule has 1 aliphatic carbocycles. The van der Waals surface area contributed by atoms with Crippen LogP contribution in [-0.2, 0) is 14.3 Å². The summed E-state index contributed by atoms with van der Waals surface area (Å²) in [5.41, 5.74) is 0.762. The maximum absolute atomic E-state index is 12.0. The van der Waals surface area contributed by atoms with Gasteiger partial charge in [-0.05, 0) is 25.3 Å². The Kier molecular flexibility index (Phi) is 3.64. The van der Waals surface area contributed by atoms with Gasteiger partial charge in [-0.1, -0.05) is 42.5 Å². The van der Waals surface area contributed by atoms with Crippen molar-refractivity contribution >= 4 is 10.1 Å². The Morgan fingerprint density at radius 2 is 1.76 bits per heavy atom. The topological polar surface area (TPSA) is 43.4 Å². The van der Waals surface area contributed by atoms with Crippen LogP contribution < -0.4 is 0 Å². The molecule has 0 aromatic heterocycles. The van der Waals surface area contributed by atoms with Gasteiger partial charge in [-0.2, -0.15) is 8.42 Å². The first-order valence-electron chi connectivity index (χ1n) is 5.71. The minimum Gasteiger partial charge on any atom is -0.266 e. The lowest BCUT2D eigenvalue weighted by Crippen LogP contribution is -2.20. The van der Waals surface area contributed by atoms with E-state index in [0.29, 0.717) is 12.8 Å². The summed E-state index contributed by atoms with van der Waals surface area (Å²) in [4.78, 5) is 0. The van der Waals surface area contributed by atoms with E-state index < -0.39 is 15.4 Å². The van der Waals surface area contributed by atoms with Crippen molar-refractivity contribution in [3.05, 3.63) is 48.0 Å². The van der Waals surface area contributed by atoms with Gasteiger partial charge in [-0.3, -0.25) is 4.18 Å². The average Bonchev–Trinajstić information content (AvgIpc) is 2.81. The van der Waals surface area contributed by atoms with Crippen LogP contribution in [0.4, 0.5) is 0 Å². The lowest BCUT2D eigenvalue weighted by molar-refractivity contribution is 0.220. The van der Waals surface area contributed by atoms with E-state index in [1.165, 1.54) is 0 Å². The highest BCUT2D eigenvalue weighted by atomic mass is 32.2. The van der Waals surface area contributed by atoms with Crippen molar-refractivity contribution in [1.82, 2.24) is 0 Å². The molecule has 1 aliphatic rings. The number of hydrogen-bond acceptors (Lipinski definition) is 3. The van der Waals surface area contributed by atoms with Crippen LogP contribution in [0.5, 0.6) is 0 Å². The third-order valence-corrected chi connectivity index (χ3v) is 4.62. The maximum Gasteiger partial charge on any atom is 0.274 e. The van der Waals surface area contributed by atoms with Crippen molar-refractivity contribution in [2.24, 2.45) is 0 Å². The van der Waals surface area contributed by atoms with E-state index in [-0.39, 0.29) is 6.10 Å². The first kappa shape index (κ1) is 12.3. The van der Waals surface area contributed by atoms with Crippen molar-refractivity contribution in [1.29, 1.82) is 0 Å². The van der Waals surface area contributed by atoms with Crippen LogP contribution >= 0.6 is 0 Å². The fourth-order valence-corrected chi connectivity index (χ4v) is 3.03. The smallest absolute Gasteiger partial charge is 0.266 e.